The molecule has 0 spiro atoms. The van der Waals surface area contributed by atoms with Crippen molar-refractivity contribution < 1.29 is 8.78 Å². The lowest BCUT2D eigenvalue weighted by Gasteiger charge is -2.30. The Morgan fingerprint density at radius 2 is 1.88 bits per heavy atom. The predicted octanol–water partition coefficient (Wildman–Crippen LogP) is 1.96. The van der Waals surface area contributed by atoms with Crippen LogP contribution in [-0.4, -0.2) is 11.7 Å². The van der Waals surface area contributed by atoms with E-state index in [0.717, 1.165) is 0 Å². The van der Waals surface area contributed by atoms with Gasteiger partial charge in [0.05, 0.1) is 0 Å². The molecular formula is C5H8F2S. The number of thiol groups is 1. The van der Waals surface area contributed by atoms with Crippen LogP contribution < -0.4 is 0 Å². The molecule has 3 heteroatoms. The Hall–Kier alpha value is 0.210. The Morgan fingerprint density at radius 1 is 1.38 bits per heavy atom. The number of alkyl halides is 2. The van der Waals surface area contributed by atoms with E-state index >= 15 is 0 Å². The maximum atomic E-state index is 11.6. The first-order valence-electron chi connectivity index (χ1n) is 2.66. The van der Waals surface area contributed by atoms with Crippen LogP contribution in [0, 0.1) is 5.92 Å². The van der Waals surface area contributed by atoms with Gasteiger partial charge < -0.3 is 0 Å². The van der Waals surface area contributed by atoms with Crippen LogP contribution in [0.2, 0.25) is 0 Å². The zero-order chi connectivity index (χ0) is 6.15. The van der Waals surface area contributed by atoms with Gasteiger partial charge in [-0.2, -0.15) is 12.6 Å². The van der Waals surface area contributed by atoms with Crippen molar-refractivity contribution in [1.29, 1.82) is 0 Å². The van der Waals surface area contributed by atoms with Crippen molar-refractivity contribution in [1.82, 2.24) is 0 Å². The third-order valence-electron chi connectivity index (χ3n) is 1.51. The van der Waals surface area contributed by atoms with Crippen LogP contribution in [-0.2, 0) is 0 Å². The Bertz CT molecular complexity index is 78.5. The second-order valence-electron chi connectivity index (χ2n) is 2.22. The molecule has 0 atom stereocenters. The molecule has 0 saturated heterocycles. The third kappa shape index (κ3) is 1.13. The number of rotatable bonds is 1. The van der Waals surface area contributed by atoms with Crippen LogP contribution >= 0.6 is 12.6 Å². The van der Waals surface area contributed by atoms with E-state index in [4.69, 9.17) is 0 Å². The van der Waals surface area contributed by atoms with Gasteiger partial charge in [0.25, 0.3) is 0 Å². The van der Waals surface area contributed by atoms with Crippen LogP contribution in [0.15, 0.2) is 0 Å². The lowest BCUT2D eigenvalue weighted by atomic mass is 9.85. The first-order chi connectivity index (χ1) is 3.70. The van der Waals surface area contributed by atoms with Gasteiger partial charge >= 0.3 is 0 Å². The van der Waals surface area contributed by atoms with Gasteiger partial charge in [0, 0.05) is 11.2 Å². The van der Waals surface area contributed by atoms with E-state index in [1.807, 2.05) is 0 Å². The molecule has 1 aliphatic carbocycles. The normalized spacial score (nSPS) is 37.5. The largest absolute Gasteiger partial charge is 0.241 e. The highest BCUT2D eigenvalue weighted by Crippen LogP contribution is 2.35. The van der Waals surface area contributed by atoms with Crippen LogP contribution in [0.4, 0.5) is 8.78 Å². The summed E-state index contributed by atoms with van der Waals surface area (Å²) in [6.45, 7) is 0. The zero-order valence-electron chi connectivity index (χ0n) is 4.35. The first kappa shape index (κ1) is 6.33. The van der Waals surface area contributed by atoms with Gasteiger partial charge in [-0.25, -0.2) is 8.78 Å². The molecule has 1 saturated carbocycles. The minimum Gasteiger partial charge on any atom is -0.210 e. The summed E-state index contributed by atoms with van der Waals surface area (Å²) in [5, 5.41) is 0.244. The molecule has 48 valence electrons. The van der Waals surface area contributed by atoms with Gasteiger partial charge in [-0.15, -0.1) is 0 Å². The highest BCUT2D eigenvalue weighted by atomic mass is 32.1. The molecule has 1 rings (SSSR count). The smallest absolute Gasteiger partial charge is 0.210 e. The van der Waals surface area contributed by atoms with E-state index in [-0.39, 0.29) is 11.2 Å². The Labute approximate surface area is 52.7 Å². The minimum atomic E-state index is -2.11. The molecule has 0 aromatic carbocycles. The van der Waals surface area contributed by atoms with Gasteiger partial charge in [-0.05, 0) is 12.8 Å². The van der Waals surface area contributed by atoms with E-state index < -0.39 is 6.43 Å². The summed E-state index contributed by atoms with van der Waals surface area (Å²) in [5.74, 6) is -0.350. The van der Waals surface area contributed by atoms with Crippen molar-refractivity contribution in [3.05, 3.63) is 0 Å². The Kier molecular flexibility index (Phi) is 1.75. The monoisotopic (exact) mass is 138 g/mol. The second-order valence-corrected chi connectivity index (χ2v) is 2.95. The average Bonchev–Trinajstić information content (AvgIpc) is 1.57. The number of halogens is 2. The zero-order valence-corrected chi connectivity index (χ0v) is 5.24. The minimum absolute atomic E-state index is 0.244. The topological polar surface area (TPSA) is 0 Å². The van der Waals surface area contributed by atoms with Crippen molar-refractivity contribution in [2.24, 2.45) is 5.92 Å². The van der Waals surface area contributed by atoms with Crippen LogP contribution in [0.5, 0.6) is 0 Å². The summed E-state index contributed by atoms with van der Waals surface area (Å²) in [4.78, 5) is 0. The molecule has 0 unspecified atom stereocenters. The maximum Gasteiger partial charge on any atom is 0.241 e. The predicted molar refractivity (Wildman–Crippen MR) is 31.5 cm³/mol. The summed E-state index contributed by atoms with van der Waals surface area (Å²) < 4.78 is 23.2. The fourth-order valence-electron chi connectivity index (χ4n) is 0.836. The fraction of sp³-hybridized carbons (Fsp3) is 1.00. The molecule has 0 aromatic heterocycles. The lowest BCUT2D eigenvalue weighted by molar-refractivity contribution is 0.0381. The highest BCUT2D eigenvalue weighted by Gasteiger charge is 2.32. The molecule has 8 heavy (non-hydrogen) atoms. The molecule has 1 aliphatic rings. The van der Waals surface area contributed by atoms with Gasteiger partial charge in [-0.1, -0.05) is 0 Å². The molecule has 1 fully saturated rings. The SMILES string of the molecule is FC(F)C1CC(S)C1. The molecule has 0 radical (unpaired) electrons. The Morgan fingerprint density at radius 3 is 2.00 bits per heavy atom. The molecule has 0 heterocycles. The average molecular weight is 138 g/mol. The summed E-state index contributed by atoms with van der Waals surface area (Å²) in [7, 11) is 0. The molecule has 0 nitrogen and oxygen atoms in total. The maximum absolute atomic E-state index is 11.6. The lowest BCUT2D eigenvalue weighted by Crippen LogP contribution is -2.29. The number of hydrogen-bond acceptors (Lipinski definition) is 1. The molecular weight excluding hydrogens is 130 g/mol. The van der Waals surface area contributed by atoms with E-state index in [0.29, 0.717) is 12.8 Å². The van der Waals surface area contributed by atoms with Crippen molar-refractivity contribution in [2.45, 2.75) is 24.5 Å². The Balaban J connectivity index is 2.15. The standard InChI is InChI=1S/C5H8F2S/c6-5(7)3-1-4(8)2-3/h3-5,8H,1-2H2. The van der Waals surface area contributed by atoms with Gasteiger partial charge in [0.2, 0.25) is 6.43 Å². The van der Waals surface area contributed by atoms with Crippen LogP contribution in [0.3, 0.4) is 0 Å². The van der Waals surface area contributed by atoms with Crippen molar-refractivity contribution in [3.63, 3.8) is 0 Å². The summed E-state index contributed by atoms with van der Waals surface area (Å²) in [6, 6.07) is 0. The van der Waals surface area contributed by atoms with E-state index in [1.165, 1.54) is 0 Å². The van der Waals surface area contributed by atoms with Crippen molar-refractivity contribution >= 4 is 12.6 Å². The van der Waals surface area contributed by atoms with Crippen LogP contribution in [0.1, 0.15) is 12.8 Å². The van der Waals surface area contributed by atoms with Crippen molar-refractivity contribution in [3.8, 4) is 0 Å². The van der Waals surface area contributed by atoms with Gasteiger partial charge in [-0.3, -0.25) is 0 Å². The van der Waals surface area contributed by atoms with E-state index in [1.54, 1.807) is 0 Å². The molecule has 0 aliphatic heterocycles. The van der Waals surface area contributed by atoms with E-state index in [2.05, 4.69) is 12.6 Å². The fourth-order valence-corrected chi connectivity index (χ4v) is 1.38. The summed E-state index contributed by atoms with van der Waals surface area (Å²) in [5.41, 5.74) is 0. The molecule has 0 bridgehead atoms. The van der Waals surface area contributed by atoms with Gasteiger partial charge in [0.15, 0.2) is 0 Å². The summed E-state index contributed by atoms with van der Waals surface area (Å²) in [6.07, 6.45) is -0.917. The molecule has 0 aromatic rings. The van der Waals surface area contributed by atoms with Gasteiger partial charge in [0.1, 0.15) is 0 Å². The molecule has 0 amide bonds. The van der Waals surface area contributed by atoms with Crippen LogP contribution in [0.25, 0.3) is 0 Å². The summed E-state index contributed by atoms with van der Waals surface area (Å²) >= 11 is 4.01. The number of hydrogen-bond donors (Lipinski definition) is 1. The third-order valence-corrected chi connectivity index (χ3v) is 1.93. The molecule has 0 N–H and O–H groups in total. The highest BCUT2D eigenvalue weighted by molar-refractivity contribution is 7.81. The van der Waals surface area contributed by atoms with Crippen molar-refractivity contribution in [2.75, 3.05) is 0 Å². The second kappa shape index (κ2) is 2.21. The quantitative estimate of drug-likeness (QED) is 0.526. The van der Waals surface area contributed by atoms with E-state index in [9.17, 15) is 8.78 Å². The first-order valence-corrected chi connectivity index (χ1v) is 3.18.